The minimum atomic E-state index is 0.0652. The number of hydrogen-bond donors (Lipinski definition) is 1. The van der Waals surface area contributed by atoms with Crippen molar-refractivity contribution in [2.45, 2.75) is 51.6 Å². The third-order valence-corrected chi connectivity index (χ3v) is 4.58. The summed E-state index contributed by atoms with van der Waals surface area (Å²) in [7, 11) is 0. The average molecular weight is 288 g/mol. The van der Waals surface area contributed by atoms with Gasteiger partial charge in [0.2, 0.25) is 0 Å². The quantitative estimate of drug-likeness (QED) is 0.925. The van der Waals surface area contributed by atoms with Gasteiger partial charge in [0.15, 0.2) is 0 Å². The fraction of sp³-hybridized carbons (Fsp3) is 0.706. The lowest BCUT2D eigenvalue weighted by molar-refractivity contribution is 0.247. The van der Waals surface area contributed by atoms with Crippen LogP contribution in [0.1, 0.15) is 44.9 Å². The Labute approximate surface area is 128 Å². The van der Waals surface area contributed by atoms with Gasteiger partial charge in [0, 0.05) is 49.9 Å². The first-order chi connectivity index (χ1) is 9.97. The molecule has 2 heterocycles. The van der Waals surface area contributed by atoms with Crippen molar-refractivity contribution in [1.82, 2.24) is 9.88 Å². The van der Waals surface area contributed by atoms with Gasteiger partial charge in [0.05, 0.1) is 0 Å². The molecular weight excluding hydrogens is 260 g/mol. The van der Waals surface area contributed by atoms with Gasteiger partial charge in [-0.1, -0.05) is 20.8 Å². The van der Waals surface area contributed by atoms with Gasteiger partial charge < -0.3 is 10.6 Å². The van der Waals surface area contributed by atoms with Crippen LogP contribution in [-0.2, 0) is 12.0 Å². The highest BCUT2D eigenvalue weighted by Gasteiger charge is 2.31. The molecule has 2 N–H and O–H groups in total. The van der Waals surface area contributed by atoms with E-state index >= 15 is 0 Å². The lowest BCUT2D eigenvalue weighted by Crippen LogP contribution is -2.47. The summed E-state index contributed by atoms with van der Waals surface area (Å²) < 4.78 is 0. The van der Waals surface area contributed by atoms with Crippen LogP contribution in [-0.4, -0.2) is 42.1 Å². The Balaban J connectivity index is 1.78. The molecule has 1 aliphatic carbocycles. The van der Waals surface area contributed by atoms with E-state index in [1.165, 1.54) is 31.5 Å². The highest BCUT2D eigenvalue weighted by molar-refractivity contribution is 5.44. The Kier molecular flexibility index (Phi) is 3.93. The molecule has 0 amide bonds. The smallest absolute Gasteiger partial charge is 0.129 e. The van der Waals surface area contributed by atoms with Crippen molar-refractivity contribution in [3.05, 3.63) is 23.4 Å². The zero-order valence-corrected chi connectivity index (χ0v) is 13.6. The number of aromatic nitrogens is 1. The van der Waals surface area contributed by atoms with Crippen LogP contribution in [0.5, 0.6) is 0 Å². The summed E-state index contributed by atoms with van der Waals surface area (Å²) in [4.78, 5) is 9.97. The Bertz CT molecular complexity index is 494. The van der Waals surface area contributed by atoms with E-state index in [-0.39, 0.29) is 5.41 Å². The summed E-state index contributed by atoms with van der Waals surface area (Å²) in [6.07, 6.45) is 2.80. The molecule has 1 saturated heterocycles. The Morgan fingerprint density at radius 1 is 1.14 bits per heavy atom. The van der Waals surface area contributed by atoms with E-state index in [0.717, 1.165) is 30.6 Å². The van der Waals surface area contributed by atoms with Gasteiger partial charge in [0.1, 0.15) is 5.82 Å². The van der Waals surface area contributed by atoms with Gasteiger partial charge in [-0.05, 0) is 30.5 Å². The molecule has 1 aromatic rings. The summed E-state index contributed by atoms with van der Waals surface area (Å²) in [5, 5.41) is 0. The summed E-state index contributed by atoms with van der Waals surface area (Å²) in [6, 6.07) is 5.20. The lowest BCUT2D eigenvalue weighted by atomic mass is 9.90. The molecule has 0 bridgehead atoms. The number of nitrogens with zero attached hydrogens (tertiary/aromatic N) is 3. The van der Waals surface area contributed by atoms with E-state index in [0.29, 0.717) is 6.54 Å². The molecule has 0 atom stereocenters. The highest BCUT2D eigenvalue weighted by Crippen LogP contribution is 2.29. The predicted molar refractivity (Wildman–Crippen MR) is 87.6 cm³/mol. The first kappa shape index (κ1) is 14.8. The van der Waals surface area contributed by atoms with Gasteiger partial charge in [-0.3, -0.25) is 4.90 Å². The highest BCUT2D eigenvalue weighted by atomic mass is 15.3. The van der Waals surface area contributed by atoms with Crippen LogP contribution in [0.15, 0.2) is 12.1 Å². The van der Waals surface area contributed by atoms with Crippen LogP contribution < -0.4 is 10.6 Å². The number of anilines is 1. The zero-order chi connectivity index (χ0) is 15.0. The average Bonchev–Trinajstić information content (AvgIpc) is 3.30. The van der Waals surface area contributed by atoms with E-state index in [1.807, 2.05) is 0 Å². The zero-order valence-electron chi connectivity index (χ0n) is 13.6. The molecule has 0 aromatic carbocycles. The van der Waals surface area contributed by atoms with Crippen molar-refractivity contribution < 1.29 is 0 Å². The van der Waals surface area contributed by atoms with Crippen LogP contribution in [0.4, 0.5) is 5.82 Å². The van der Waals surface area contributed by atoms with E-state index in [4.69, 9.17) is 10.7 Å². The molecule has 2 aliphatic rings. The second-order valence-electron chi connectivity index (χ2n) is 7.43. The molecule has 3 rings (SSSR count). The maximum Gasteiger partial charge on any atom is 0.129 e. The lowest BCUT2D eigenvalue weighted by Gasteiger charge is -2.36. The van der Waals surface area contributed by atoms with Gasteiger partial charge in [-0.2, -0.15) is 0 Å². The van der Waals surface area contributed by atoms with Crippen LogP contribution >= 0.6 is 0 Å². The third-order valence-electron chi connectivity index (χ3n) is 4.58. The fourth-order valence-electron chi connectivity index (χ4n) is 2.99. The van der Waals surface area contributed by atoms with Crippen molar-refractivity contribution in [2.24, 2.45) is 5.73 Å². The maximum atomic E-state index is 5.88. The molecule has 1 aromatic heterocycles. The van der Waals surface area contributed by atoms with Crippen molar-refractivity contribution in [3.8, 4) is 0 Å². The van der Waals surface area contributed by atoms with Crippen molar-refractivity contribution in [2.75, 3.05) is 31.1 Å². The van der Waals surface area contributed by atoms with E-state index in [9.17, 15) is 0 Å². The summed E-state index contributed by atoms with van der Waals surface area (Å²) >= 11 is 0. The molecule has 4 nitrogen and oxygen atoms in total. The monoisotopic (exact) mass is 288 g/mol. The van der Waals surface area contributed by atoms with Gasteiger partial charge >= 0.3 is 0 Å². The molecule has 4 heteroatoms. The van der Waals surface area contributed by atoms with E-state index in [1.54, 1.807) is 0 Å². The molecule has 0 spiro atoms. The van der Waals surface area contributed by atoms with E-state index in [2.05, 4.69) is 42.7 Å². The molecular formula is C17H28N4. The summed E-state index contributed by atoms with van der Waals surface area (Å²) in [5.41, 5.74) is 8.27. The Morgan fingerprint density at radius 2 is 1.81 bits per heavy atom. The second-order valence-corrected chi connectivity index (χ2v) is 7.43. The van der Waals surface area contributed by atoms with Crippen molar-refractivity contribution in [3.63, 3.8) is 0 Å². The summed E-state index contributed by atoms with van der Waals surface area (Å²) in [5.74, 6) is 1.11. The standard InChI is InChI=1S/C17H28N4/c1-17(2,3)15-10-13(12-18)11-16(19-15)21-8-6-20(7-9-21)14-4-5-14/h10-11,14H,4-9,12,18H2,1-3H3. The Hall–Kier alpha value is -1.13. The Morgan fingerprint density at radius 3 is 2.33 bits per heavy atom. The first-order valence-corrected chi connectivity index (χ1v) is 8.18. The molecule has 0 radical (unpaired) electrons. The molecule has 2 fully saturated rings. The number of rotatable bonds is 3. The molecule has 0 unspecified atom stereocenters. The minimum Gasteiger partial charge on any atom is -0.354 e. The molecule has 116 valence electrons. The van der Waals surface area contributed by atoms with E-state index < -0.39 is 0 Å². The topological polar surface area (TPSA) is 45.4 Å². The van der Waals surface area contributed by atoms with Crippen LogP contribution in [0.2, 0.25) is 0 Å². The SMILES string of the molecule is CC(C)(C)c1cc(CN)cc(N2CCN(C3CC3)CC2)n1. The number of pyridine rings is 1. The minimum absolute atomic E-state index is 0.0652. The predicted octanol–water partition coefficient (Wildman–Crippen LogP) is 2.12. The fourth-order valence-corrected chi connectivity index (χ4v) is 2.99. The maximum absolute atomic E-state index is 5.88. The van der Waals surface area contributed by atoms with Gasteiger partial charge in [-0.15, -0.1) is 0 Å². The van der Waals surface area contributed by atoms with Crippen molar-refractivity contribution in [1.29, 1.82) is 0 Å². The van der Waals surface area contributed by atoms with Gasteiger partial charge in [-0.25, -0.2) is 4.98 Å². The van der Waals surface area contributed by atoms with Crippen LogP contribution in [0.3, 0.4) is 0 Å². The summed E-state index contributed by atoms with van der Waals surface area (Å²) in [6.45, 7) is 11.7. The van der Waals surface area contributed by atoms with Crippen molar-refractivity contribution >= 4 is 5.82 Å². The number of nitrogens with two attached hydrogens (primary N) is 1. The van der Waals surface area contributed by atoms with Crippen LogP contribution in [0.25, 0.3) is 0 Å². The molecule has 1 saturated carbocycles. The third kappa shape index (κ3) is 3.38. The molecule has 21 heavy (non-hydrogen) atoms. The first-order valence-electron chi connectivity index (χ1n) is 8.18. The molecule has 1 aliphatic heterocycles. The second kappa shape index (κ2) is 5.58. The number of hydrogen-bond acceptors (Lipinski definition) is 4. The van der Waals surface area contributed by atoms with Crippen LogP contribution in [0, 0.1) is 0 Å². The normalized spacial score (nSPS) is 20.9. The largest absolute Gasteiger partial charge is 0.354 e. The number of piperazine rings is 1. The van der Waals surface area contributed by atoms with Gasteiger partial charge in [0.25, 0.3) is 0 Å².